The molecule has 0 aliphatic carbocycles. The molecule has 3 heterocycles. The summed E-state index contributed by atoms with van der Waals surface area (Å²) in [5.41, 5.74) is 1.24. The lowest BCUT2D eigenvalue weighted by Gasteiger charge is -2.41. The van der Waals surface area contributed by atoms with Crippen molar-refractivity contribution < 1.29 is 32.4 Å². The Balaban J connectivity index is 0.000000279. The van der Waals surface area contributed by atoms with Crippen molar-refractivity contribution in [2.24, 2.45) is 5.92 Å². The minimum absolute atomic E-state index is 0.000319. The van der Waals surface area contributed by atoms with Gasteiger partial charge in [0.1, 0.15) is 24.0 Å². The van der Waals surface area contributed by atoms with E-state index in [-0.39, 0.29) is 11.6 Å². The number of rotatable bonds is 0. The number of carboxylic acid groups (broad SMARTS) is 1. The van der Waals surface area contributed by atoms with Crippen LogP contribution in [0.3, 0.4) is 0 Å². The number of aromatic nitrogens is 2. The van der Waals surface area contributed by atoms with Crippen LogP contribution in [0.5, 0.6) is 5.75 Å². The first-order valence-electron chi connectivity index (χ1n) is 8.76. The molecule has 1 aromatic carbocycles. The van der Waals surface area contributed by atoms with Gasteiger partial charge in [-0.2, -0.15) is 13.2 Å². The van der Waals surface area contributed by atoms with E-state index in [1.807, 2.05) is 18.3 Å². The Morgan fingerprint density at radius 1 is 1.32 bits per heavy atom. The van der Waals surface area contributed by atoms with E-state index in [4.69, 9.17) is 14.6 Å². The lowest BCUT2D eigenvalue weighted by molar-refractivity contribution is -0.761. The summed E-state index contributed by atoms with van der Waals surface area (Å²) < 4.78 is 39.8. The monoisotopic (exact) mass is 395 g/mol. The predicted octanol–water partition coefficient (Wildman–Crippen LogP) is 1.97. The molecule has 6 nitrogen and oxygen atoms in total. The third kappa shape index (κ3) is 3.74. The largest absolute Gasteiger partial charge is 0.542 e. The van der Waals surface area contributed by atoms with Crippen LogP contribution < -0.4 is 19.7 Å². The van der Waals surface area contributed by atoms with Crippen LogP contribution in [0.4, 0.5) is 19.1 Å². The summed E-state index contributed by atoms with van der Waals surface area (Å²) in [5, 5.41) is 12.4. The van der Waals surface area contributed by atoms with E-state index in [0.29, 0.717) is 5.92 Å². The summed E-state index contributed by atoms with van der Waals surface area (Å²) in [7, 11) is 0. The summed E-state index contributed by atoms with van der Waals surface area (Å²) in [5.74, 6) is -0.617. The number of para-hydroxylation sites is 1. The topological polar surface area (TPSA) is 78.2 Å². The van der Waals surface area contributed by atoms with Gasteiger partial charge in [-0.15, -0.1) is 0 Å². The van der Waals surface area contributed by atoms with E-state index in [1.165, 1.54) is 5.56 Å². The molecule has 0 unspecified atom stereocenters. The number of halogens is 3. The molecule has 150 valence electrons. The standard InChI is InChI=1S/C17H19N3O.C2HF3O2/c1-17(2)13-8-11-21-14-7-4-3-6-12(14)15(13)19-16-18-9-5-10-20(16)17;3-2(4,5)1(6)7/h3-7,9-10,13,15H,8,11H2,1-2H3;(H,6,7)/t13-,15+;/m0./s1. The summed E-state index contributed by atoms with van der Waals surface area (Å²) in [6.07, 6.45) is -0.210. The van der Waals surface area contributed by atoms with Crippen molar-refractivity contribution >= 4 is 11.9 Å². The molecule has 1 aromatic heterocycles. The predicted molar refractivity (Wildman–Crippen MR) is 91.2 cm³/mol. The molecular weight excluding hydrogens is 375 g/mol. The van der Waals surface area contributed by atoms with Gasteiger partial charge in [0, 0.05) is 17.5 Å². The first kappa shape index (κ1) is 19.9. The van der Waals surface area contributed by atoms with Crippen molar-refractivity contribution in [1.82, 2.24) is 4.98 Å². The molecule has 0 spiro atoms. The van der Waals surface area contributed by atoms with Crippen LogP contribution in [-0.4, -0.2) is 23.7 Å². The van der Waals surface area contributed by atoms with Crippen molar-refractivity contribution in [3.63, 3.8) is 0 Å². The Bertz CT molecular complexity index is 871. The molecule has 0 fully saturated rings. The number of carbonyl (C=O) groups is 1. The first-order chi connectivity index (χ1) is 13.1. The van der Waals surface area contributed by atoms with E-state index in [9.17, 15) is 13.2 Å². The number of benzene rings is 1. The quantitative estimate of drug-likeness (QED) is 0.690. The number of fused-ring (bicyclic) bond motifs is 4. The lowest BCUT2D eigenvalue weighted by Crippen LogP contribution is -2.63. The Kier molecular flexibility index (Phi) is 5.18. The molecule has 2 aliphatic heterocycles. The normalized spacial score (nSPS) is 21.9. The van der Waals surface area contributed by atoms with Gasteiger partial charge in [0.05, 0.1) is 18.3 Å². The fourth-order valence-electron chi connectivity index (χ4n) is 3.75. The molecular formula is C19H20F3N3O3. The summed E-state index contributed by atoms with van der Waals surface area (Å²) in [6.45, 7) is 5.36. The fourth-order valence-corrected chi connectivity index (χ4v) is 3.75. The zero-order valence-electron chi connectivity index (χ0n) is 15.4. The van der Waals surface area contributed by atoms with Crippen molar-refractivity contribution in [3.8, 4) is 5.75 Å². The second-order valence-corrected chi connectivity index (χ2v) is 7.16. The number of anilines is 1. The first-order valence-corrected chi connectivity index (χ1v) is 8.76. The molecule has 28 heavy (non-hydrogen) atoms. The highest BCUT2D eigenvalue weighted by atomic mass is 19.4. The van der Waals surface area contributed by atoms with Gasteiger partial charge in [0.15, 0.2) is 0 Å². The summed E-state index contributed by atoms with van der Waals surface area (Å²) in [4.78, 5) is 13.3. The highest BCUT2D eigenvalue weighted by molar-refractivity contribution is 5.70. The molecule has 9 heteroatoms. The van der Waals surface area contributed by atoms with E-state index in [1.54, 1.807) is 0 Å². The molecule has 0 saturated heterocycles. The minimum Gasteiger partial charge on any atom is -0.542 e. The number of aliphatic carboxylic acids is 1. The maximum absolute atomic E-state index is 10.5. The highest BCUT2D eigenvalue weighted by Gasteiger charge is 2.49. The van der Waals surface area contributed by atoms with Crippen molar-refractivity contribution in [1.29, 1.82) is 0 Å². The third-order valence-electron chi connectivity index (χ3n) is 5.13. The maximum Gasteiger partial charge on any atom is 0.430 e. The average molecular weight is 395 g/mol. The molecule has 2 aliphatic rings. The SMILES string of the molecule is CC1(C)[C@H]2CCOc3ccccc3[C@H]2Nc2nccc[n+]21.O=C([O-])C(F)(F)F. The molecule has 4 rings (SSSR count). The van der Waals surface area contributed by atoms with Crippen LogP contribution in [0.2, 0.25) is 0 Å². The Labute approximate surface area is 160 Å². The molecule has 0 bridgehead atoms. The Hall–Kier alpha value is -2.84. The van der Waals surface area contributed by atoms with Gasteiger partial charge in [0.25, 0.3) is 0 Å². The van der Waals surface area contributed by atoms with E-state index >= 15 is 0 Å². The van der Waals surface area contributed by atoms with Gasteiger partial charge in [-0.1, -0.05) is 23.2 Å². The van der Waals surface area contributed by atoms with E-state index < -0.39 is 12.1 Å². The number of hydrogen-bond acceptors (Lipinski definition) is 5. The zero-order valence-corrected chi connectivity index (χ0v) is 15.4. The van der Waals surface area contributed by atoms with Gasteiger partial charge in [-0.25, -0.2) is 4.57 Å². The third-order valence-corrected chi connectivity index (χ3v) is 5.13. The summed E-state index contributed by atoms with van der Waals surface area (Å²) in [6, 6.07) is 10.6. The smallest absolute Gasteiger partial charge is 0.430 e. The Morgan fingerprint density at radius 3 is 2.68 bits per heavy atom. The van der Waals surface area contributed by atoms with E-state index in [2.05, 4.69) is 53.1 Å². The van der Waals surface area contributed by atoms with Crippen molar-refractivity contribution in [3.05, 3.63) is 48.3 Å². The fraction of sp³-hybridized carbons (Fsp3) is 0.421. The molecule has 2 atom stereocenters. The van der Waals surface area contributed by atoms with Gasteiger partial charge >= 0.3 is 12.1 Å². The van der Waals surface area contributed by atoms with Crippen LogP contribution in [0.1, 0.15) is 31.9 Å². The lowest BCUT2D eigenvalue weighted by atomic mass is 9.75. The number of nitrogens with one attached hydrogen (secondary N) is 1. The van der Waals surface area contributed by atoms with Crippen LogP contribution in [0, 0.1) is 5.92 Å². The second kappa shape index (κ2) is 7.29. The van der Waals surface area contributed by atoms with Gasteiger partial charge in [-0.05, 0) is 26.3 Å². The molecule has 0 amide bonds. The zero-order chi connectivity index (χ0) is 20.5. The number of ether oxygens (including phenoxy) is 1. The van der Waals surface area contributed by atoms with Gasteiger partial charge < -0.3 is 14.6 Å². The van der Waals surface area contributed by atoms with Crippen LogP contribution >= 0.6 is 0 Å². The van der Waals surface area contributed by atoms with Crippen molar-refractivity contribution in [2.45, 2.75) is 38.0 Å². The average Bonchev–Trinajstić information content (AvgIpc) is 2.82. The minimum atomic E-state index is -5.19. The second-order valence-electron chi connectivity index (χ2n) is 7.16. The number of hydrogen-bond donors (Lipinski definition) is 1. The highest BCUT2D eigenvalue weighted by Crippen LogP contribution is 2.44. The number of nitrogens with zero attached hydrogens (tertiary/aromatic N) is 2. The molecule has 1 N–H and O–H groups in total. The van der Waals surface area contributed by atoms with Crippen molar-refractivity contribution in [2.75, 3.05) is 11.9 Å². The molecule has 2 aromatic rings. The summed E-state index contributed by atoms with van der Waals surface area (Å²) >= 11 is 0. The maximum atomic E-state index is 10.5. The Morgan fingerprint density at radius 2 is 2.00 bits per heavy atom. The van der Waals surface area contributed by atoms with Crippen LogP contribution in [0.25, 0.3) is 0 Å². The van der Waals surface area contributed by atoms with Gasteiger partial charge in [0.2, 0.25) is 0 Å². The molecule has 0 saturated carbocycles. The van der Waals surface area contributed by atoms with Crippen LogP contribution in [-0.2, 0) is 10.3 Å². The number of alkyl halides is 3. The number of carbonyl (C=O) groups excluding carboxylic acids is 1. The molecule has 0 radical (unpaired) electrons. The van der Waals surface area contributed by atoms with Gasteiger partial charge in [-0.3, -0.25) is 5.32 Å². The van der Waals surface area contributed by atoms with E-state index in [0.717, 1.165) is 24.7 Å². The van der Waals surface area contributed by atoms with Crippen LogP contribution in [0.15, 0.2) is 42.7 Å². The number of carboxylic acids is 1.